The smallest absolute Gasteiger partial charge is 0.223 e. The van der Waals surface area contributed by atoms with Crippen molar-refractivity contribution in [2.24, 2.45) is 0 Å². The minimum atomic E-state index is -3.38. The van der Waals surface area contributed by atoms with E-state index in [1.807, 2.05) is 13.1 Å². The standard InChI is InChI=1S/C15H24N4O3S/c1-17-9-11-18(12-10-17)15(20)6-8-19(23(2,21)22)13-14-5-3-4-7-16-14/h3-5,7H,6,8-13H2,1-2H3. The van der Waals surface area contributed by atoms with Crippen molar-refractivity contribution in [1.82, 2.24) is 19.1 Å². The largest absolute Gasteiger partial charge is 0.340 e. The van der Waals surface area contributed by atoms with Gasteiger partial charge in [0.2, 0.25) is 15.9 Å². The number of hydrogen-bond donors (Lipinski definition) is 0. The van der Waals surface area contributed by atoms with Gasteiger partial charge in [-0.05, 0) is 19.2 Å². The highest BCUT2D eigenvalue weighted by Gasteiger charge is 2.22. The number of likely N-dealkylation sites (N-methyl/N-ethyl adjacent to an activating group) is 1. The van der Waals surface area contributed by atoms with Crippen LogP contribution in [0.2, 0.25) is 0 Å². The first kappa shape index (κ1) is 17.8. The fourth-order valence-electron chi connectivity index (χ4n) is 2.47. The second-order valence-corrected chi connectivity index (χ2v) is 7.83. The molecule has 1 amide bonds. The van der Waals surface area contributed by atoms with Gasteiger partial charge < -0.3 is 9.80 Å². The molecule has 1 aliphatic heterocycles. The number of hydrogen-bond acceptors (Lipinski definition) is 5. The maximum atomic E-state index is 12.3. The molecule has 2 heterocycles. The lowest BCUT2D eigenvalue weighted by atomic mass is 10.3. The second kappa shape index (κ2) is 7.85. The van der Waals surface area contributed by atoms with E-state index in [4.69, 9.17) is 0 Å². The van der Waals surface area contributed by atoms with E-state index < -0.39 is 10.0 Å². The lowest BCUT2D eigenvalue weighted by Crippen LogP contribution is -2.47. The number of rotatable bonds is 6. The molecule has 0 aromatic carbocycles. The van der Waals surface area contributed by atoms with Crippen LogP contribution in [0.3, 0.4) is 0 Å². The molecule has 0 aliphatic carbocycles. The molecule has 128 valence electrons. The van der Waals surface area contributed by atoms with Crippen molar-refractivity contribution in [2.45, 2.75) is 13.0 Å². The van der Waals surface area contributed by atoms with Crippen molar-refractivity contribution in [3.8, 4) is 0 Å². The molecule has 0 unspecified atom stereocenters. The van der Waals surface area contributed by atoms with Crippen LogP contribution >= 0.6 is 0 Å². The number of aromatic nitrogens is 1. The number of pyridine rings is 1. The Morgan fingerprint density at radius 1 is 1.26 bits per heavy atom. The van der Waals surface area contributed by atoms with Crippen LogP contribution in [0.1, 0.15) is 12.1 Å². The van der Waals surface area contributed by atoms with Gasteiger partial charge in [-0.3, -0.25) is 9.78 Å². The summed E-state index contributed by atoms with van der Waals surface area (Å²) in [5.74, 6) is 0.00720. The SMILES string of the molecule is CN1CCN(C(=O)CCN(Cc2ccccn2)S(C)(=O)=O)CC1. The van der Waals surface area contributed by atoms with E-state index >= 15 is 0 Å². The fourth-order valence-corrected chi connectivity index (χ4v) is 3.26. The van der Waals surface area contributed by atoms with E-state index in [2.05, 4.69) is 9.88 Å². The molecule has 1 aliphatic rings. The molecular weight excluding hydrogens is 316 g/mol. The summed E-state index contributed by atoms with van der Waals surface area (Å²) >= 11 is 0. The van der Waals surface area contributed by atoms with E-state index in [1.165, 1.54) is 4.31 Å². The molecule has 0 atom stereocenters. The third-order valence-electron chi connectivity index (χ3n) is 3.96. The van der Waals surface area contributed by atoms with Gasteiger partial charge in [-0.25, -0.2) is 8.42 Å². The molecule has 1 fully saturated rings. The number of nitrogens with zero attached hydrogens (tertiary/aromatic N) is 4. The maximum absolute atomic E-state index is 12.3. The van der Waals surface area contributed by atoms with Gasteiger partial charge in [0, 0.05) is 45.3 Å². The summed E-state index contributed by atoms with van der Waals surface area (Å²) in [5, 5.41) is 0. The summed E-state index contributed by atoms with van der Waals surface area (Å²) < 4.78 is 25.2. The van der Waals surface area contributed by atoms with Gasteiger partial charge in [0.25, 0.3) is 0 Å². The molecule has 0 radical (unpaired) electrons. The highest BCUT2D eigenvalue weighted by molar-refractivity contribution is 7.88. The Morgan fingerprint density at radius 3 is 2.52 bits per heavy atom. The van der Waals surface area contributed by atoms with Crippen molar-refractivity contribution in [1.29, 1.82) is 0 Å². The molecule has 0 saturated carbocycles. The van der Waals surface area contributed by atoms with Gasteiger partial charge in [0.1, 0.15) is 0 Å². The topological polar surface area (TPSA) is 73.8 Å². The number of carbonyl (C=O) groups excluding carboxylic acids is 1. The first-order valence-corrected chi connectivity index (χ1v) is 9.52. The number of carbonyl (C=O) groups is 1. The Balaban J connectivity index is 1.92. The van der Waals surface area contributed by atoms with Crippen LogP contribution < -0.4 is 0 Å². The summed E-state index contributed by atoms with van der Waals surface area (Å²) in [5.41, 5.74) is 0.671. The number of piperazine rings is 1. The number of sulfonamides is 1. The van der Waals surface area contributed by atoms with Crippen LogP contribution in [0.4, 0.5) is 0 Å². The summed E-state index contributed by atoms with van der Waals surface area (Å²) in [7, 11) is -1.36. The lowest BCUT2D eigenvalue weighted by Gasteiger charge is -2.32. The highest BCUT2D eigenvalue weighted by atomic mass is 32.2. The van der Waals surface area contributed by atoms with E-state index in [9.17, 15) is 13.2 Å². The average Bonchev–Trinajstić information content (AvgIpc) is 2.51. The summed E-state index contributed by atoms with van der Waals surface area (Å²) in [6.07, 6.45) is 2.99. The zero-order valence-corrected chi connectivity index (χ0v) is 14.5. The van der Waals surface area contributed by atoms with Crippen LogP contribution in [-0.4, -0.2) is 79.4 Å². The lowest BCUT2D eigenvalue weighted by molar-refractivity contribution is -0.132. The molecule has 1 aromatic rings. The minimum Gasteiger partial charge on any atom is -0.340 e. The summed E-state index contributed by atoms with van der Waals surface area (Å²) in [6.45, 7) is 3.49. The molecule has 23 heavy (non-hydrogen) atoms. The molecule has 8 heteroatoms. The molecule has 1 aromatic heterocycles. The summed E-state index contributed by atoms with van der Waals surface area (Å²) in [6, 6.07) is 5.38. The average molecular weight is 340 g/mol. The zero-order chi connectivity index (χ0) is 16.9. The van der Waals surface area contributed by atoms with E-state index in [0.717, 1.165) is 19.3 Å². The Bertz CT molecular complexity index is 613. The molecular formula is C15H24N4O3S. The van der Waals surface area contributed by atoms with Crippen molar-refractivity contribution in [3.63, 3.8) is 0 Å². The van der Waals surface area contributed by atoms with Crippen LogP contribution in [0.25, 0.3) is 0 Å². The van der Waals surface area contributed by atoms with Crippen molar-refractivity contribution in [3.05, 3.63) is 30.1 Å². The molecule has 7 nitrogen and oxygen atoms in total. The van der Waals surface area contributed by atoms with Crippen molar-refractivity contribution in [2.75, 3.05) is 46.0 Å². The van der Waals surface area contributed by atoms with Crippen molar-refractivity contribution < 1.29 is 13.2 Å². The number of amides is 1. The van der Waals surface area contributed by atoms with Gasteiger partial charge in [0.05, 0.1) is 18.5 Å². The van der Waals surface area contributed by atoms with Gasteiger partial charge in [-0.15, -0.1) is 0 Å². The first-order valence-electron chi connectivity index (χ1n) is 7.67. The van der Waals surface area contributed by atoms with E-state index in [-0.39, 0.29) is 25.4 Å². The molecule has 0 N–H and O–H groups in total. The molecule has 0 bridgehead atoms. The third-order valence-corrected chi connectivity index (χ3v) is 5.21. The highest BCUT2D eigenvalue weighted by Crippen LogP contribution is 2.09. The van der Waals surface area contributed by atoms with Crippen LogP contribution in [0, 0.1) is 0 Å². The first-order chi connectivity index (χ1) is 10.9. The van der Waals surface area contributed by atoms with Gasteiger partial charge >= 0.3 is 0 Å². The zero-order valence-electron chi connectivity index (χ0n) is 13.7. The Labute approximate surface area is 137 Å². The van der Waals surface area contributed by atoms with Gasteiger partial charge in [0.15, 0.2) is 0 Å². The molecule has 0 spiro atoms. The van der Waals surface area contributed by atoms with Crippen LogP contribution in [0.15, 0.2) is 24.4 Å². The Morgan fingerprint density at radius 2 is 1.96 bits per heavy atom. The van der Waals surface area contributed by atoms with Crippen LogP contribution in [-0.2, 0) is 21.4 Å². The minimum absolute atomic E-state index is 0.00720. The normalized spacial score (nSPS) is 16.7. The summed E-state index contributed by atoms with van der Waals surface area (Å²) in [4.78, 5) is 20.4. The monoisotopic (exact) mass is 340 g/mol. The van der Waals surface area contributed by atoms with Crippen LogP contribution in [0.5, 0.6) is 0 Å². The second-order valence-electron chi connectivity index (χ2n) is 5.85. The van der Waals surface area contributed by atoms with Crippen molar-refractivity contribution >= 4 is 15.9 Å². The quantitative estimate of drug-likeness (QED) is 0.729. The van der Waals surface area contributed by atoms with E-state index in [1.54, 1.807) is 23.2 Å². The molecule has 2 rings (SSSR count). The fraction of sp³-hybridized carbons (Fsp3) is 0.600. The predicted molar refractivity (Wildman–Crippen MR) is 88.2 cm³/mol. The predicted octanol–water partition coefficient (Wildman–Crippen LogP) is 0.00730. The Kier molecular flexibility index (Phi) is 6.09. The van der Waals surface area contributed by atoms with Gasteiger partial charge in [-0.1, -0.05) is 6.07 Å². The van der Waals surface area contributed by atoms with E-state index in [0.29, 0.717) is 18.8 Å². The molecule has 1 saturated heterocycles. The maximum Gasteiger partial charge on any atom is 0.223 e. The van der Waals surface area contributed by atoms with Gasteiger partial charge in [-0.2, -0.15) is 4.31 Å². The third kappa shape index (κ3) is 5.56. The Hall–Kier alpha value is -1.51.